The molecule has 2 aliphatic heterocycles. The number of hydroxylamine groups is 1. The van der Waals surface area contributed by atoms with E-state index in [1.807, 2.05) is 13.0 Å². The van der Waals surface area contributed by atoms with E-state index < -0.39 is 34.8 Å². The summed E-state index contributed by atoms with van der Waals surface area (Å²) in [5.41, 5.74) is 1.13. The summed E-state index contributed by atoms with van der Waals surface area (Å²) >= 11 is 6.49. The van der Waals surface area contributed by atoms with Crippen molar-refractivity contribution in [2.24, 2.45) is 5.92 Å². The summed E-state index contributed by atoms with van der Waals surface area (Å²) in [6, 6.07) is 18.8. The molecule has 2 saturated heterocycles. The number of hydrogen-bond acceptors (Lipinski definition) is 7. The molecule has 0 aliphatic carbocycles. The first-order valence-corrected chi connectivity index (χ1v) is 11.8. The zero-order chi connectivity index (χ0) is 25.4. The number of benzene rings is 3. The standard InChI is InChI=1S/C26H22ClN3O6/c1-2-14-35-19-11-8-16(9-12-19)28-25(31)22-23(20-15-18(30(33)34)10-13-21(20)27)29(36-24(22)26(28)32)17-6-4-3-5-7-17/h3-13,15,22-24H,2,14H2,1H3/t22-,23+,24+/m1/s1. The molecular weight excluding hydrogens is 486 g/mol. The summed E-state index contributed by atoms with van der Waals surface area (Å²) in [6.45, 7) is 2.55. The number of fused-ring (bicyclic) bond motifs is 1. The molecule has 36 heavy (non-hydrogen) atoms. The number of anilines is 2. The Kier molecular flexibility index (Phi) is 6.34. The molecular formula is C26H22ClN3O6. The number of nitro benzene ring substituents is 1. The molecule has 10 heteroatoms. The van der Waals surface area contributed by atoms with Gasteiger partial charge in [-0.1, -0.05) is 36.7 Å². The van der Waals surface area contributed by atoms with E-state index in [4.69, 9.17) is 21.2 Å². The van der Waals surface area contributed by atoms with E-state index in [-0.39, 0.29) is 10.7 Å². The van der Waals surface area contributed by atoms with Gasteiger partial charge in [0.2, 0.25) is 5.91 Å². The van der Waals surface area contributed by atoms with Crippen molar-refractivity contribution >= 4 is 40.5 Å². The lowest BCUT2D eigenvalue weighted by Crippen LogP contribution is -2.37. The minimum absolute atomic E-state index is 0.179. The molecule has 0 radical (unpaired) electrons. The minimum Gasteiger partial charge on any atom is -0.494 e. The van der Waals surface area contributed by atoms with Gasteiger partial charge in [0.1, 0.15) is 11.7 Å². The van der Waals surface area contributed by atoms with E-state index in [0.29, 0.717) is 29.3 Å². The number of nitrogens with zero attached hydrogens (tertiary/aromatic N) is 3. The molecule has 0 bridgehead atoms. The maximum Gasteiger partial charge on any atom is 0.269 e. The topological polar surface area (TPSA) is 102 Å². The Bertz CT molecular complexity index is 1320. The number of carbonyl (C=O) groups excluding carboxylic acids is 2. The van der Waals surface area contributed by atoms with Crippen molar-refractivity contribution in [1.29, 1.82) is 0 Å². The Morgan fingerprint density at radius 1 is 1.00 bits per heavy atom. The first kappa shape index (κ1) is 23.8. The van der Waals surface area contributed by atoms with Crippen LogP contribution in [0.2, 0.25) is 5.02 Å². The van der Waals surface area contributed by atoms with Crippen molar-refractivity contribution in [3.8, 4) is 5.75 Å². The lowest BCUT2D eigenvalue weighted by molar-refractivity contribution is -0.384. The Balaban J connectivity index is 1.55. The van der Waals surface area contributed by atoms with Gasteiger partial charge in [0, 0.05) is 22.7 Å². The SMILES string of the molecule is CCCOc1ccc(N2C(=O)[C@H]3[C@H](ON(c4ccccc4)[C@H]3c3cc([N+](=O)[O-])ccc3Cl)C2=O)cc1. The average Bonchev–Trinajstić information content (AvgIpc) is 3.39. The summed E-state index contributed by atoms with van der Waals surface area (Å²) < 4.78 is 5.59. The number of hydrogen-bond donors (Lipinski definition) is 0. The van der Waals surface area contributed by atoms with E-state index in [1.165, 1.54) is 23.3 Å². The fourth-order valence-corrected chi connectivity index (χ4v) is 4.80. The van der Waals surface area contributed by atoms with Gasteiger partial charge < -0.3 is 4.74 Å². The second-order valence-electron chi connectivity index (χ2n) is 8.48. The van der Waals surface area contributed by atoms with Crippen LogP contribution in [0.4, 0.5) is 17.1 Å². The highest BCUT2D eigenvalue weighted by molar-refractivity contribution is 6.31. The molecule has 2 heterocycles. The highest BCUT2D eigenvalue weighted by atomic mass is 35.5. The van der Waals surface area contributed by atoms with Crippen LogP contribution in [0.5, 0.6) is 5.75 Å². The van der Waals surface area contributed by atoms with Gasteiger partial charge in [-0.2, -0.15) is 0 Å². The molecule has 2 aliphatic rings. The van der Waals surface area contributed by atoms with Crippen molar-refractivity contribution in [3.05, 3.63) is 93.5 Å². The highest BCUT2D eigenvalue weighted by Gasteiger charge is 2.60. The molecule has 0 aromatic heterocycles. The summed E-state index contributed by atoms with van der Waals surface area (Å²) in [4.78, 5) is 45.3. The van der Waals surface area contributed by atoms with Crippen molar-refractivity contribution in [2.45, 2.75) is 25.5 Å². The van der Waals surface area contributed by atoms with Crippen LogP contribution in [0.15, 0.2) is 72.8 Å². The van der Waals surface area contributed by atoms with Gasteiger partial charge in [-0.3, -0.25) is 24.5 Å². The third kappa shape index (κ3) is 4.06. The number of rotatable bonds is 7. The Morgan fingerprint density at radius 3 is 2.39 bits per heavy atom. The third-order valence-electron chi connectivity index (χ3n) is 6.20. The average molecular weight is 508 g/mol. The molecule has 184 valence electrons. The summed E-state index contributed by atoms with van der Waals surface area (Å²) in [6.07, 6.45) is -0.264. The van der Waals surface area contributed by atoms with Crippen molar-refractivity contribution < 1.29 is 24.1 Å². The van der Waals surface area contributed by atoms with Crippen LogP contribution in [-0.2, 0) is 14.4 Å². The van der Waals surface area contributed by atoms with Gasteiger partial charge >= 0.3 is 0 Å². The second-order valence-corrected chi connectivity index (χ2v) is 8.88. The number of ether oxygens (including phenoxy) is 1. The fraction of sp³-hybridized carbons (Fsp3) is 0.231. The Hall–Kier alpha value is -3.95. The van der Waals surface area contributed by atoms with Crippen LogP contribution in [-0.4, -0.2) is 29.4 Å². The summed E-state index contributed by atoms with van der Waals surface area (Å²) in [5, 5.41) is 13.2. The van der Waals surface area contributed by atoms with Crippen LogP contribution >= 0.6 is 11.6 Å². The molecule has 3 atom stereocenters. The number of imide groups is 1. The van der Waals surface area contributed by atoms with Gasteiger partial charge in [-0.25, -0.2) is 9.96 Å². The van der Waals surface area contributed by atoms with Crippen LogP contribution in [0, 0.1) is 16.0 Å². The van der Waals surface area contributed by atoms with Crippen molar-refractivity contribution in [3.63, 3.8) is 0 Å². The smallest absolute Gasteiger partial charge is 0.269 e. The molecule has 2 fully saturated rings. The van der Waals surface area contributed by atoms with E-state index in [1.54, 1.807) is 48.5 Å². The fourth-order valence-electron chi connectivity index (χ4n) is 4.57. The molecule has 2 amide bonds. The second kappa shape index (κ2) is 9.60. The minimum atomic E-state index is -1.12. The first-order valence-electron chi connectivity index (χ1n) is 11.5. The molecule has 3 aromatic carbocycles. The number of nitro groups is 1. The van der Waals surface area contributed by atoms with E-state index in [9.17, 15) is 19.7 Å². The molecule has 5 rings (SSSR count). The molecule has 0 saturated carbocycles. The molecule has 0 unspecified atom stereocenters. The predicted molar refractivity (Wildman–Crippen MR) is 133 cm³/mol. The van der Waals surface area contributed by atoms with Crippen LogP contribution in [0.1, 0.15) is 24.9 Å². The van der Waals surface area contributed by atoms with Gasteiger partial charge in [-0.05, 0) is 48.9 Å². The van der Waals surface area contributed by atoms with Gasteiger partial charge in [0.25, 0.3) is 11.6 Å². The zero-order valence-corrected chi connectivity index (χ0v) is 20.0. The van der Waals surface area contributed by atoms with Crippen LogP contribution < -0.4 is 14.7 Å². The number of non-ortho nitro benzene ring substituents is 1. The van der Waals surface area contributed by atoms with E-state index in [0.717, 1.165) is 11.3 Å². The number of amides is 2. The maximum absolute atomic E-state index is 13.7. The summed E-state index contributed by atoms with van der Waals surface area (Å²) in [5.74, 6) is -1.32. The maximum atomic E-state index is 13.7. The quantitative estimate of drug-likeness (QED) is 0.249. The monoisotopic (exact) mass is 507 g/mol. The van der Waals surface area contributed by atoms with Crippen molar-refractivity contribution in [1.82, 2.24) is 0 Å². The van der Waals surface area contributed by atoms with Gasteiger partial charge in [-0.15, -0.1) is 0 Å². The molecule has 0 spiro atoms. The number of halogens is 1. The number of carbonyl (C=O) groups is 2. The van der Waals surface area contributed by atoms with Crippen molar-refractivity contribution in [2.75, 3.05) is 16.6 Å². The van der Waals surface area contributed by atoms with Gasteiger partial charge in [0.15, 0.2) is 6.10 Å². The molecule has 9 nitrogen and oxygen atoms in total. The lowest BCUT2D eigenvalue weighted by Gasteiger charge is -2.29. The molecule has 0 N–H and O–H groups in total. The van der Waals surface area contributed by atoms with Crippen LogP contribution in [0.25, 0.3) is 0 Å². The largest absolute Gasteiger partial charge is 0.494 e. The Morgan fingerprint density at radius 2 is 1.72 bits per heavy atom. The lowest BCUT2D eigenvalue weighted by atomic mass is 9.90. The molecule has 3 aromatic rings. The highest BCUT2D eigenvalue weighted by Crippen LogP contribution is 2.49. The first-order chi connectivity index (χ1) is 17.4. The normalized spacial score (nSPS) is 21.1. The third-order valence-corrected chi connectivity index (χ3v) is 6.55. The Labute approximate surface area is 211 Å². The van der Waals surface area contributed by atoms with Gasteiger partial charge in [0.05, 0.1) is 28.9 Å². The van der Waals surface area contributed by atoms with E-state index in [2.05, 4.69) is 0 Å². The predicted octanol–water partition coefficient (Wildman–Crippen LogP) is 5.09. The summed E-state index contributed by atoms with van der Waals surface area (Å²) in [7, 11) is 0. The van der Waals surface area contributed by atoms with E-state index >= 15 is 0 Å². The van der Waals surface area contributed by atoms with Crippen LogP contribution in [0.3, 0.4) is 0 Å². The zero-order valence-electron chi connectivity index (χ0n) is 19.2. The number of para-hydroxylation sites is 1.